The highest BCUT2D eigenvalue weighted by molar-refractivity contribution is 6.13. The Morgan fingerprint density at radius 1 is 0.791 bits per heavy atom. The van der Waals surface area contributed by atoms with Crippen LogP contribution in [-0.4, -0.2) is 128 Å². The number of fused-ring (bicyclic) bond motifs is 2. The lowest BCUT2D eigenvalue weighted by Gasteiger charge is -2.42. The fourth-order valence-electron chi connectivity index (χ4n) is 5.29. The van der Waals surface area contributed by atoms with E-state index in [1.165, 1.54) is 26.2 Å². The maximum absolute atomic E-state index is 12.7. The van der Waals surface area contributed by atoms with Gasteiger partial charge in [-0.3, -0.25) is 0 Å². The van der Waals surface area contributed by atoms with Gasteiger partial charge in [-0.1, -0.05) is 0 Å². The van der Waals surface area contributed by atoms with Crippen LogP contribution in [0.1, 0.15) is 5.76 Å². The van der Waals surface area contributed by atoms with Crippen molar-refractivity contribution in [3.8, 4) is 23.0 Å². The van der Waals surface area contributed by atoms with E-state index in [0.717, 1.165) is 6.07 Å². The van der Waals surface area contributed by atoms with Gasteiger partial charge in [0.15, 0.2) is 6.29 Å². The highest BCUT2D eigenvalue weighted by atomic mass is 16.7. The van der Waals surface area contributed by atoms with Crippen LogP contribution >= 0.6 is 0 Å². The summed E-state index contributed by atoms with van der Waals surface area (Å²) in [5.74, 6) is -0.954. The number of rotatable bonds is 7. The number of ether oxygens (including phenoxy) is 5. The first-order valence-corrected chi connectivity index (χ1v) is 13.2. The molecule has 2 aliphatic heterocycles. The van der Waals surface area contributed by atoms with Crippen LogP contribution in [0.3, 0.4) is 0 Å². The number of aromatic hydroxyl groups is 2. The first kappa shape index (κ1) is 31.1. The third-order valence-electron chi connectivity index (χ3n) is 7.51. The number of aliphatic hydroxyl groups is 7. The summed E-state index contributed by atoms with van der Waals surface area (Å²) < 4.78 is 32.7. The maximum Gasteiger partial charge on any atom is 0.347 e. The van der Waals surface area contributed by atoms with Crippen LogP contribution in [0.5, 0.6) is 23.0 Å². The predicted octanol–water partition coefficient (Wildman–Crippen LogP) is -2.32. The molecule has 0 spiro atoms. The van der Waals surface area contributed by atoms with Crippen LogP contribution in [0, 0.1) is 6.92 Å². The molecule has 0 aliphatic carbocycles. The Bertz CT molecular complexity index is 1540. The summed E-state index contributed by atoms with van der Waals surface area (Å²) in [5, 5.41) is 92.8. The number of hydrogen-bond acceptors (Lipinski definition) is 16. The summed E-state index contributed by atoms with van der Waals surface area (Å²) in [6.07, 6.45) is -16.7. The monoisotopic (exact) mass is 612 g/mol. The minimum Gasteiger partial charge on any atom is -0.508 e. The lowest BCUT2D eigenvalue weighted by atomic mass is 9.98. The minimum atomic E-state index is -1.88. The van der Waals surface area contributed by atoms with E-state index >= 15 is 0 Å². The number of phenols is 2. The molecule has 16 nitrogen and oxygen atoms in total. The number of aryl methyl sites for hydroxylation is 1. The molecule has 2 saturated heterocycles. The minimum absolute atomic E-state index is 0.0888. The van der Waals surface area contributed by atoms with E-state index in [2.05, 4.69) is 0 Å². The van der Waals surface area contributed by atoms with Crippen molar-refractivity contribution in [1.82, 2.24) is 0 Å². The van der Waals surface area contributed by atoms with Gasteiger partial charge in [0.1, 0.15) is 83.0 Å². The molecule has 9 N–H and O–H groups in total. The van der Waals surface area contributed by atoms with E-state index in [4.69, 9.17) is 28.1 Å². The van der Waals surface area contributed by atoms with E-state index in [1.54, 1.807) is 0 Å². The van der Waals surface area contributed by atoms with E-state index in [9.17, 15) is 50.8 Å². The van der Waals surface area contributed by atoms with Gasteiger partial charge in [-0.05, 0) is 19.1 Å². The van der Waals surface area contributed by atoms with Crippen LogP contribution < -0.4 is 15.1 Å². The van der Waals surface area contributed by atoms with Crippen molar-refractivity contribution >= 4 is 21.5 Å². The second kappa shape index (κ2) is 12.0. The number of benzene rings is 2. The van der Waals surface area contributed by atoms with Crippen LogP contribution in [0.15, 0.2) is 27.4 Å². The fourth-order valence-corrected chi connectivity index (χ4v) is 5.29. The Labute approximate surface area is 242 Å². The summed E-state index contributed by atoms with van der Waals surface area (Å²) in [5.41, 5.74) is -0.885. The van der Waals surface area contributed by atoms with Gasteiger partial charge < -0.3 is 74.1 Å². The topological polar surface area (TPSA) is 258 Å². The Morgan fingerprint density at radius 2 is 1.40 bits per heavy atom. The van der Waals surface area contributed by atoms with Gasteiger partial charge in [0.25, 0.3) is 0 Å². The average molecular weight is 613 g/mol. The molecule has 0 unspecified atom stereocenters. The zero-order chi connectivity index (χ0) is 31.3. The van der Waals surface area contributed by atoms with Gasteiger partial charge in [-0.15, -0.1) is 0 Å². The fraction of sp³-hybridized carbons (Fsp3) is 0.519. The lowest BCUT2D eigenvalue weighted by molar-refractivity contribution is -0.323. The highest BCUT2D eigenvalue weighted by Crippen LogP contribution is 2.47. The van der Waals surface area contributed by atoms with Crippen LogP contribution in [0.2, 0.25) is 0 Å². The molecule has 1 aromatic heterocycles. The number of methoxy groups -OCH3 is 1. The van der Waals surface area contributed by atoms with E-state index in [-0.39, 0.29) is 44.6 Å². The molecule has 3 heterocycles. The normalized spacial score (nSPS) is 33.1. The Kier molecular flexibility index (Phi) is 8.70. The van der Waals surface area contributed by atoms with Crippen LogP contribution in [0.4, 0.5) is 0 Å². The Hall–Kier alpha value is -3.29. The van der Waals surface area contributed by atoms with E-state index in [0.29, 0.717) is 0 Å². The summed E-state index contributed by atoms with van der Waals surface area (Å²) in [6.45, 7) is 0.205. The molecule has 0 bridgehead atoms. The summed E-state index contributed by atoms with van der Waals surface area (Å²) in [4.78, 5) is 12.7. The molecule has 0 saturated carbocycles. The first-order valence-electron chi connectivity index (χ1n) is 13.2. The van der Waals surface area contributed by atoms with Gasteiger partial charge in [0.2, 0.25) is 6.29 Å². The molecule has 0 radical (unpaired) electrons. The van der Waals surface area contributed by atoms with Crippen molar-refractivity contribution in [2.24, 2.45) is 0 Å². The molecule has 16 heteroatoms. The van der Waals surface area contributed by atoms with Gasteiger partial charge in [-0.25, -0.2) is 4.79 Å². The summed E-state index contributed by atoms with van der Waals surface area (Å²) >= 11 is 0. The second-order valence-corrected chi connectivity index (χ2v) is 10.3. The lowest BCUT2D eigenvalue weighted by Crippen LogP contribution is -2.62. The quantitative estimate of drug-likeness (QED) is 0.127. The third-order valence-corrected chi connectivity index (χ3v) is 7.51. The van der Waals surface area contributed by atoms with Crippen molar-refractivity contribution in [3.05, 3.63) is 34.4 Å². The highest BCUT2D eigenvalue weighted by Gasteiger charge is 2.48. The molecular weight excluding hydrogens is 580 g/mol. The molecule has 10 atom stereocenters. The molecule has 3 aromatic rings. The first-order chi connectivity index (χ1) is 20.4. The molecule has 5 rings (SSSR count). The van der Waals surface area contributed by atoms with Gasteiger partial charge in [0.05, 0.1) is 25.7 Å². The molecule has 2 fully saturated rings. The zero-order valence-electron chi connectivity index (χ0n) is 22.8. The molecular formula is C27H32O16. The standard InChI is InChI=1S/C27H32O16/c1-8-3-10-16(25(37)40-8)19(32)15-11(24(10)38-2)4-9(29)5-12(15)41-27-23(36)21(34)18(31)14(43-27)7-39-26-22(35)20(33)17(30)13(6-28)42-26/h3-5,13-14,17-18,20-23,26-36H,6-7H2,1-2H3/t13-,14-,17-,18-,20+,21+,22-,23-,26-,27-/m1/s1. The molecule has 2 aliphatic rings. The van der Waals surface area contributed by atoms with Crippen molar-refractivity contribution in [3.63, 3.8) is 0 Å². The Morgan fingerprint density at radius 3 is 2.05 bits per heavy atom. The number of phenolic OH excluding ortho intramolecular Hbond substituents is 2. The van der Waals surface area contributed by atoms with Crippen molar-refractivity contribution in [2.75, 3.05) is 20.3 Å². The van der Waals surface area contributed by atoms with E-state index in [1.807, 2.05) is 0 Å². The smallest absolute Gasteiger partial charge is 0.347 e. The second-order valence-electron chi connectivity index (χ2n) is 10.3. The van der Waals surface area contributed by atoms with Gasteiger partial charge in [0, 0.05) is 16.8 Å². The number of aliphatic hydroxyl groups excluding tert-OH is 7. The predicted molar refractivity (Wildman–Crippen MR) is 142 cm³/mol. The number of hydrogen-bond donors (Lipinski definition) is 9. The van der Waals surface area contributed by atoms with Crippen molar-refractivity contribution in [2.45, 2.75) is 68.3 Å². The maximum atomic E-state index is 12.7. The summed E-state index contributed by atoms with van der Waals surface area (Å²) in [6, 6.07) is 3.76. The molecule has 0 amide bonds. The average Bonchev–Trinajstić information content (AvgIpc) is 2.96. The van der Waals surface area contributed by atoms with Crippen molar-refractivity contribution in [1.29, 1.82) is 0 Å². The molecule has 2 aromatic carbocycles. The largest absolute Gasteiger partial charge is 0.508 e. The Balaban J connectivity index is 1.46. The van der Waals surface area contributed by atoms with Gasteiger partial charge in [-0.2, -0.15) is 0 Å². The van der Waals surface area contributed by atoms with Crippen LogP contribution in [0.25, 0.3) is 21.5 Å². The van der Waals surface area contributed by atoms with Crippen molar-refractivity contribution < 1.29 is 74.1 Å². The van der Waals surface area contributed by atoms with Crippen LogP contribution in [-0.2, 0) is 14.2 Å². The molecule has 236 valence electrons. The SMILES string of the molecule is COc1c2cc(O)cc(O[C@@H]3O[C@H](CO[C@@H]4O[C@H](CO)[C@@H](O)[C@H](O)[C@H]4O)[C@@H](O)[C@H](O)[C@H]3O)c2c(O)c2c(=O)oc(C)cc12. The summed E-state index contributed by atoms with van der Waals surface area (Å²) in [7, 11) is 1.31. The zero-order valence-corrected chi connectivity index (χ0v) is 22.8. The van der Waals surface area contributed by atoms with E-state index < -0.39 is 86.0 Å². The van der Waals surface area contributed by atoms with Gasteiger partial charge >= 0.3 is 5.63 Å². The third kappa shape index (κ3) is 5.46. The molecule has 43 heavy (non-hydrogen) atoms.